The molecular formula is C15H21BrN2O. The van der Waals surface area contributed by atoms with E-state index in [0.717, 1.165) is 41.7 Å². The first-order valence-corrected chi connectivity index (χ1v) is 7.65. The lowest BCUT2D eigenvalue weighted by atomic mass is 10.1. The van der Waals surface area contributed by atoms with E-state index in [9.17, 15) is 4.79 Å². The van der Waals surface area contributed by atoms with Crippen molar-refractivity contribution in [2.24, 2.45) is 0 Å². The topological polar surface area (TPSA) is 32.3 Å². The summed E-state index contributed by atoms with van der Waals surface area (Å²) in [5.74, 6) is 0.195. The third-order valence-corrected chi connectivity index (χ3v) is 4.12. The third kappa shape index (κ3) is 3.00. The van der Waals surface area contributed by atoms with Gasteiger partial charge in [-0.3, -0.25) is 4.79 Å². The normalized spacial score (nSPS) is 19.3. The van der Waals surface area contributed by atoms with Crippen molar-refractivity contribution in [3.8, 4) is 0 Å². The highest BCUT2D eigenvalue weighted by molar-refractivity contribution is 9.10. The second kappa shape index (κ2) is 6.06. The van der Waals surface area contributed by atoms with Gasteiger partial charge in [0.25, 0.3) is 0 Å². The molecule has 0 saturated carbocycles. The summed E-state index contributed by atoms with van der Waals surface area (Å²) in [5, 5.41) is 3.32. The van der Waals surface area contributed by atoms with Crippen molar-refractivity contribution in [3.05, 3.63) is 27.7 Å². The predicted molar refractivity (Wildman–Crippen MR) is 82.7 cm³/mol. The Balaban J connectivity index is 2.22. The van der Waals surface area contributed by atoms with Gasteiger partial charge in [-0.2, -0.15) is 0 Å². The minimum absolute atomic E-state index is 0.0208. The molecule has 1 N–H and O–H groups in total. The van der Waals surface area contributed by atoms with E-state index in [-0.39, 0.29) is 11.9 Å². The monoisotopic (exact) mass is 324 g/mol. The Morgan fingerprint density at radius 2 is 2.16 bits per heavy atom. The molecule has 1 aliphatic rings. The molecule has 2 rings (SSSR count). The number of aryl methyl sites for hydroxylation is 2. The maximum atomic E-state index is 12.4. The summed E-state index contributed by atoms with van der Waals surface area (Å²) in [6.07, 6.45) is 1.94. The smallest absolute Gasteiger partial charge is 0.244 e. The first-order chi connectivity index (χ1) is 9.04. The van der Waals surface area contributed by atoms with E-state index in [1.54, 1.807) is 0 Å². The lowest BCUT2D eigenvalue weighted by Gasteiger charge is -2.21. The van der Waals surface area contributed by atoms with Crippen LogP contribution in [0.1, 0.15) is 30.9 Å². The number of benzene rings is 1. The highest BCUT2D eigenvalue weighted by atomic mass is 79.9. The lowest BCUT2D eigenvalue weighted by molar-refractivity contribution is -0.118. The van der Waals surface area contributed by atoms with Crippen molar-refractivity contribution in [1.29, 1.82) is 0 Å². The quantitative estimate of drug-likeness (QED) is 0.922. The molecule has 0 radical (unpaired) electrons. The first kappa shape index (κ1) is 14.5. The van der Waals surface area contributed by atoms with Crippen LogP contribution in [0.4, 0.5) is 5.69 Å². The minimum Gasteiger partial charge on any atom is -0.310 e. The molecule has 0 aliphatic carbocycles. The van der Waals surface area contributed by atoms with Crippen LogP contribution in [0.3, 0.4) is 0 Å². The summed E-state index contributed by atoms with van der Waals surface area (Å²) in [7, 11) is 0. The van der Waals surface area contributed by atoms with Gasteiger partial charge in [0, 0.05) is 11.0 Å². The number of halogens is 1. The van der Waals surface area contributed by atoms with E-state index in [1.165, 1.54) is 5.56 Å². The molecule has 104 valence electrons. The number of carbonyl (C=O) groups excluding carboxylic acids is 1. The molecule has 3 nitrogen and oxygen atoms in total. The Labute approximate surface area is 123 Å². The zero-order chi connectivity index (χ0) is 14.0. The highest BCUT2D eigenvalue weighted by Crippen LogP contribution is 2.34. The predicted octanol–water partition coefficient (Wildman–Crippen LogP) is 3.17. The molecule has 0 spiro atoms. The van der Waals surface area contributed by atoms with Gasteiger partial charge < -0.3 is 10.2 Å². The molecule has 0 aromatic heterocycles. The van der Waals surface area contributed by atoms with Crippen LogP contribution in [-0.4, -0.2) is 25.0 Å². The molecule has 1 fully saturated rings. The number of carbonyl (C=O) groups is 1. The van der Waals surface area contributed by atoms with Gasteiger partial charge in [-0.15, -0.1) is 0 Å². The van der Waals surface area contributed by atoms with Crippen LogP contribution in [-0.2, 0) is 4.79 Å². The number of nitrogens with zero attached hydrogens (tertiary/aromatic N) is 1. The SMILES string of the molecule is CCCNC1CCN(c2c(C)cc(C)cc2Br)C1=O. The number of anilines is 1. The van der Waals surface area contributed by atoms with Gasteiger partial charge in [-0.1, -0.05) is 13.0 Å². The Bertz CT molecular complexity index is 464. The van der Waals surface area contributed by atoms with Crippen LogP contribution in [0.25, 0.3) is 0 Å². The van der Waals surface area contributed by atoms with Crippen molar-refractivity contribution in [1.82, 2.24) is 5.32 Å². The largest absolute Gasteiger partial charge is 0.310 e. The standard InChI is InChI=1S/C15H21BrN2O/c1-4-6-17-13-5-7-18(15(13)19)14-11(3)8-10(2)9-12(14)16/h8-9,13,17H,4-7H2,1-3H3. The van der Waals surface area contributed by atoms with Gasteiger partial charge in [-0.25, -0.2) is 0 Å². The minimum atomic E-state index is -0.0208. The van der Waals surface area contributed by atoms with Gasteiger partial charge in [-0.05, 0) is 66.4 Å². The Kier molecular flexibility index (Phi) is 4.63. The van der Waals surface area contributed by atoms with Gasteiger partial charge >= 0.3 is 0 Å². The van der Waals surface area contributed by atoms with Gasteiger partial charge in [0.05, 0.1) is 11.7 Å². The summed E-state index contributed by atoms with van der Waals surface area (Å²) in [5.41, 5.74) is 3.38. The van der Waals surface area contributed by atoms with E-state index in [1.807, 2.05) is 4.90 Å². The van der Waals surface area contributed by atoms with E-state index in [4.69, 9.17) is 0 Å². The number of hydrogen-bond donors (Lipinski definition) is 1. The molecule has 4 heteroatoms. The summed E-state index contributed by atoms with van der Waals surface area (Å²) in [4.78, 5) is 14.4. The molecule has 1 aliphatic heterocycles. The van der Waals surface area contributed by atoms with Crippen molar-refractivity contribution in [2.75, 3.05) is 18.0 Å². The number of rotatable bonds is 4. The van der Waals surface area contributed by atoms with Gasteiger partial charge in [0.2, 0.25) is 5.91 Å². The van der Waals surface area contributed by atoms with Crippen molar-refractivity contribution >= 4 is 27.5 Å². The third-order valence-electron chi connectivity index (χ3n) is 3.51. The second-order valence-electron chi connectivity index (χ2n) is 5.20. The Hall–Kier alpha value is -0.870. The summed E-state index contributed by atoms with van der Waals surface area (Å²) in [6.45, 7) is 7.94. The second-order valence-corrected chi connectivity index (χ2v) is 6.05. The lowest BCUT2D eigenvalue weighted by Crippen LogP contribution is -2.38. The molecule has 19 heavy (non-hydrogen) atoms. The Morgan fingerprint density at radius 3 is 2.79 bits per heavy atom. The molecule has 1 amide bonds. The zero-order valence-electron chi connectivity index (χ0n) is 11.8. The maximum Gasteiger partial charge on any atom is 0.244 e. The molecule has 1 atom stereocenters. The van der Waals surface area contributed by atoms with Crippen molar-refractivity contribution in [2.45, 2.75) is 39.7 Å². The van der Waals surface area contributed by atoms with Crippen molar-refractivity contribution < 1.29 is 4.79 Å². The average molecular weight is 325 g/mol. The van der Waals surface area contributed by atoms with E-state index < -0.39 is 0 Å². The summed E-state index contributed by atoms with van der Waals surface area (Å²) >= 11 is 3.59. The van der Waals surface area contributed by atoms with Crippen LogP contribution >= 0.6 is 15.9 Å². The first-order valence-electron chi connectivity index (χ1n) is 6.86. The number of nitrogens with one attached hydrogen (secondary N) is 1. The van der Waals surface area contributed by atoms with Crippen LogP contribution in [0.15, 0.2) is 16.6 Å². The molecular weight excluding hydrogens is 304 g/mol. The van der Waals surface area contributed by atoms with E-state index in [2.05, 4.69) is 54.2 Å². The maximum absolute atomic E-state index is 12.4. The summed E-state index contributed by atoms with van der Waals surface area (Å²) in [6, 6.07) is 4.18. The molecule has 1 heterocycles. The Morgan fingerprint density at radius 1 is 1.42 bits per heavy atom. The van der Waals surface area contributed by atoms with Crippen LogP contribution < -0.4 is 10.2 Å². The fourth-order valence-electron chi connectivity index (χ4n) is 2.66. The highest BCUT2D eigenvalue weighted by Gasteiger charge is 2.33. The molecule has 1 aromatic rings. The van der Waals surface area contributed by atoms with Crippen LogP contribution in [0.5, 0.6) is 0 Å². The average Bonchev–Trinajstić information content (AvgIpc) is 2.68. The van der Waals surface area contributed by atoms with Crippen LogP contribution in [0, 0.1) is 13.8 Å². The van der Waals surface area contributed by atoms with E-state index >= 15 is 0 Å². The van der Waals surface area contributed by atoms with Crippen LogP contribution in [0.2, 0.25) is 0 Å². The summed E-state index contributed by atoms with van der Waals surface area (Å²) < 4.78 is 1.01. The zero-order valence-corrected chi connectivity index (χ0v) is 13.4. The fraction of sp³-hybridized carbons (Fsp3) is 0.533. The molecule has 1 aromatic carbocycles. The van der Waals surface area contributed by atoms with Gasteiger partial charge in [0.1, 0.15) is 0 Å². The fourth-order valence-corrected chi connectivity index (χ4v) is 3.55. The van der Waals surface area contributed by atoms with Gasteiger partial charge in [0.15, 0.2) is 0 Å². The molecule has 1 unspecified atom stereocenters. The molecule has 1 saturated heterocycles. The number of hydrogen-bond acceptors (Lipinski definition) is 2. The van der Waals surface area contributed by atoms with Crippen molar-refractivity contribution in [3.63, 3.8) is 0 Å². The molecule has 0 bridgehead atoms. The number of amides is 1. The van der Waals surface area contributed by atoms with E-state index in [0.29, 0.717) is 0 Å².